The van der Waals surface area contributed by atoms with Crippen LogP contribution in [0.25, 0.3) is 0 Å². The van der Waals surface area contributed by atoms with Gasteiger partial charge in [0.15, 0.2) is 9.84 Å². The Kier molecular flexibility index (Phi) is 7.32. The molecule has 1 heterocycles. The summed E-state index contributed by atoms with van der Waals surface area (Å²) in [6.07, 6.45) is 0.281. The molecule has 2 amide bonds. The minimum atomic E-state index is -3.20. The van der Waals surface area contributed by atoms with Gasteiger partial charge in [0.05, 0.1) is 17.4 Å². The van der Waals surface area contributed by atoms with Crippen LogP contribution in [0.4, 0.5) is 5.69 Å². The smallest absolute Gasteiger partial charge is 0.251 e. The predicted octanol–water partition coefficient (Wildman–Crippen LogP) is 4.34. The maximum atomic E-state index is 13.2. The van der Waals surface area contributed by atoms with E-state index in [9.17, 15) is 18.0 Å². The van der Waals surface area contributed by atoms with Crippen LogP contribution in [0.1, 0.15) is 69.7 Å². The van der Waals surface area contributed by atoms with Gasteiger partial charge in [-0.05, 0) is 46.6 Å². The summed E-state index contributed by atoms with van der Waals surface area (Å²) in [7, 11) is -3.20. The lowest BCUT2D eigenvalue weighted by molar-refractivity contribution is -0.128. The average Bonchev–Trinajstić information content (AvgIpc) is 3.11. The molecule has 2 aromatic carbocycles. The molecule has 3 rings (SSSR count). The molecule has 2 aromatic rings. The van der Waals surface area contributed by atoms with Crippen LogP contribution < -0.4 is 10.6 Å². The molecule has 0 aliphatic carbocycles. The third-order valence-electron chi connectivity index (χ3n) is 6.11. The van der Waals surface area contributed by atoms with Crippen LogP contribution in [0.3, 0.4) is 0 Å². The van der Waals surface area contributed by atoms with Gasteiger partial charge in [-0.25, -0.2) is 8.42 Å². The number of nitrogens with one attached hydrogen (secondary N) is 2. The minimum absolute atomic E-state index is 0.00116. The lowest BCUT2D eigenvalue weighted by Crippen LogP contribution is -2.40. The van der Waals surface area contributed by atoms with E-state index in [-0.39, 0.29) is 29.2 Å². The molecule has 2 unspecified atom stereocenters. The van der Waals surface area contributed by atoms with Gasteiger partial charge >= 0.3 is 0 Å². The van der Waals surface area contributed by atoms with E-state index in [0.29, 0.717) is 17.2 Å². The molecule has 0 saturated carbocycles. The second-order valence-corrected chi connectivity index (χ2v) is 12.4. The first kappa shape index (κ1) is 25.0. The Morgan fingerprint density at radius 3 is 2.00 bits per heavy atom. The van der Waals surface area contributed by atoms with Crippen molar-refractivity contribution in [3.05, 3.63) is 65.2 Å². The minimum Gasteiger partial charge on any atom is -0.340 e. The number of sulfone groups is 1. The number of carbonyl (C=O) groups excluding carboxylic acids is 2. The van der Waals surface area contributed by atoms with Crippen molar-refractivity contribution in [2.45, 2.75) is 58.4 Å². The van der Waals surface area contributed by atoms with Gasteiger partial charge in [-0.2, -0.15) is 0 Å². The van der Waals surface area contributed by atoms with Crippen LogP contribution in [0, 0.1) is 5.92 Å². The molecule has 0 aromatic heterocycles. The molecule has 0 spiro atoms. The van der Waals surface area contributed by atoms with Gasteiger partial charge in [0, 0.05) is 5.69 Å². The summed E-state index contributed by atoms with van der Waals surface area (Å²) in [6.45, 7) is 10.5. The van der Waals surface area contributed by atoms with Crippen molar-refractivity contribution in [3.8, 4) is 0 Å². The van der Waals surface area contributed by atoms with Crippen LogP contribution in [0.15, 0.2) is 48.5 Å². The lowest BCUT2D eigenvalue weighted by Gasteiger charge is -2.22. The highest BCUT2D eigenvalue weighted by Crippen LogP contribution is 2.26. The first-order chi connectivity index (χ1) is 15.4. The SMILES string of the molecule is CC(C)c1ccc(C(NC(=O)C2CCS(=O)(=O)C2)C(=O)Nc2ccc(C(C)(C)C)cc2)cc1. The molecule has 2 N–H and O–H groups in total. The van der Waals surface area contributed by atoms with Crippen LogP contribution >= 0.6 is 0 Å². The van der Waals surface area contributed by atoms with Crippen molar-refractivity contribution in [2.24, 2.45) is 5.92 Å². The molecule has 1 aliphatic rings. The van der Waals surface area contributed by atoms with E-state index in [1.807, 2.05) is 48.5 Å². The van der Waals surface area contributed by atoms with Crippen LogP contribution in [0.2, 0.25) is 0 Å². The fourth-order valence-electron chi connectivity index (χ4n) is 3.90. The fraction of sp³-hybridized carbons (Fsp3) is 0.462. The van der Waals surface area contributed by atoms with Gasteiger partial charge < -0.3 is 10.6 Å². The standard InChI is InChI=1S/C26H34N2O4S/c1-17(2)18-6-8-19(9-7-18)23(28-24(29)20-14-15-33(31,32)16-20)25(30)27-22-12-10-21(11-13-22)26(3,4)5/h6-13,17,20,23H,14-16H2,1-5H3,(H,27,30)(H,28,29). The second kappa shape index (κ2) is 9.67. The summed E-state index contributed by atoms with van der Waals surface area (Å²) < 4.78 is 23.6. The summed E-state index contributed by atoms with van der Waals surface area (Å²) in [6, 6.07) is 14.3. The molecule has 1 saturated heterocycles. The van der Waals surface area contributed by atoms with Gasteiger partial charge in [-0.15, -0.1) is 0 Å². The Labute approximate surface area is 197 Å². The molecule has 178 valence electrons. The van der Waals surface area contributed by atoms with Crippen molar-refractivity contribution in [2.75, 3.05) is 16.8 Å². The molecule has 0 radical (unpaired) electrons. The number of carbonyl (C=O) groups is 2. The van der Waals surface area contributed by atoms with Crippen LogP contribution in [-0.2, 0) is 24.8 Å². The zero-order chi connectivity index (χ0) is 24.4. The molecule has 7 heteroatoms. The fourth-order valence-corrected chi connectivity index (χ4v) is 5.64. The lowest BCUT2D eigenvalue weighted by atomic mass is 9.87. The number of hydrogen-bond acceptors (Lipinski definition) is 4. The molecular formula is C26H34N2O4S. The van der Waals surface area contributed by atoms with Gasteiger partial charge in [0.1, 0.15) is 6.04 Å². The summed E-state index contributed by atoms with van der Waals surface area (Å²) in [5.41, 5.74) is 3.56. The number of rotatable bonds is 6. The Hall–Kier alpha value is -2.67. The first-order valence-corrected chi connectivity index (χ1v) is 13.2. The third kappa shape index (κ3) is 6.44. The van der Waals surface area contributed by atoms with E-state index in [4.69, 9.17) is 0 Å². The van der Waals surface area contributed by atoms with Crippen LogP contribution in [0.5, 0.6) is 0 Å². The zero-order valence-electron chi connectivity index (χ0n) is 20.0. The Morgan fingerprint density at radius 1 is 0.939 bits per heavy atom. The van der Waals surface area contributed by atoms with Crippen LogP contribution in [-0.4, -0.2) is 31.7 Å². The van der Waals surface area contributed by atoms with Crippen molar-refractivity contribution in [1.82, 2.24) is 5.32 Å². The van der Waals surface area contributed by atoms with Crippen molar-refractivity contribution < 1.29 is 18.0 Å². The quantitative estimate of drug-likeness (QED) is 0.657. The van der Waals surface area contributed by atoms with E-state index < -0.39 is 27.7 Å². The maximum Gasteiger partial charge on any atom is 0.251 e. The first-order valence-electron chi connectivity index (χ1n) is 11.4. The normalized spacial score (nSPS) is 18.7. The maximum absolute atomic E-state index is 13.2. The second-order valence-electron chi connectivity index (χ2n) is 10.2. The van der Waals surface area contributed by atoms with E-state index >= 15 is 0 Å². The van der Waals surface area contributed by atoms with Gasteiger partial charge in [0.2, 0.25) is 5.91 Å². The summed E-state index contributed by atoms with van der Waals surface area (Å²) in [5, 5.41) is 5.70. The summed E-state index contributed by atoms with van der Waals surface area (Å²) in [4.78, 5) is 26.1. The topological polar surface area (TPSA) is 92.3 Å². The predicted molar refractivity (Wildman–Crippen MR) is 132 cm³/mol. The summed E-state index contributed by atoms with van der Waals surface area (Å²) in [5.74, 6) is -1.24. The van der Waals surface area contributed by atoms with Gasteiger partial charge in [-0.3, -0.25) is 9.59 Å². The van der Waals surface area contributed by atoms with E-state index in [1.165, 1.54) is 0 Å². The van der Waals surface area contributed by atoms with Crippen molar-refractivity contribution in [1.29, 1.82) is 0 Å². The number of benzene rings is 2. The number of hydrogen-bond donors (Lipinski definition) is 2. The molecule has 6 nitrogen and oxygen atoms in total. The molecule has 0 bridgehead atoms. The van der Waals surface area contributed by atoms with E-state index in [2.05, 4.69) is 45.3 Å². The van der Waals surface area contributed by atoms with E-state index in [1.54, 1.807) is 0 Å². The average molecular weight is 471 g/mol. The molecule has 1 aliphatic heterocycles. The van der Waals surface area contributed by atoms with Crippen molar-refractivity contribution >= 4 is 27.3 Å². The Bertz CT molecular complexity index is 1100. The van der Waals surface area contributed by atoms with E-state index in [0.717, 1.165) is 11.1 Å². The Balaban J connectivity index is 1.82. The monoisotopic (exact) mass is 470 g/mol. The number of anilines is 1. The molecule has 33 heavy (non-hydrogen) atoms. The highest BCUT2D eigenvalue weighted by molar-refractivity contribution is 7.91. The summed E-state index contributed by atoms with van der Waals surface area (Å²) >= 11 is 0. The molecular weight excluding hydrogens is 436 g/mol. The Morgan fingerprint density at radius 2 is 1.52 bits per heavy atom. The van der Waals surface area contributed by atoms with Crippen molar-refractivity contribution in [3.63, 3.8) is 0 Å². The molecule has 2 atom stereocenters. The zero-order valence-corrected chi connectivity index (χ0v) is 20.8. The highest BCUT2D eigenvalue weighted by atomic mass is 32.2. The highest BCUT2D eigenvalue weighted by Gasteiger charge is 2.35. The molecule has 1 fully saturated rings. The largest absolute Gasteiger partial charge is 0.340 e. The van der Waals surface area contributed by atoms with Gasteiger partial charge in [-0.1, -0.05) is 71.0 Å². The number of amides is 2. The van der Waals surface area contributed by atoms with Gasteiger partial charge in [0.25, 0.3) is 5.91 Å². The third-order valence-corrected chi connectivity index (χ3v) is 7.87.